The number of benzene rings is 3. The van der Waals surface area contributed by atoms with E-state index in [1.165, 1.54) is 32.3 Å². The SMILES string of the molecule is CN(C)S(=O)(=O)c1ccc2nnn(OCC(=O)Nc3ccc(-c4ccccc4)cc3)c2c1. The van der Waals surface area contributed by atoms with Gasteiger partial charge in [0.05, 0.1) is 4.90 Å². The molecule has 0 bridgehead atoms. The van der Waals surface area contributed by atoms with Gasteiger partial charge in [0, 0.05) is 19.8 Å². The van der Waals surface area contributed by atoms with E-state index in [0.717, 1.165) is 20.3 Å². The smallest absolute Gasteiger partial charge is 0.265 e. The number of amides is 1. The fraction of sp³-hybridized carbons (Fsp3) is 0.136. The van der Waals surface area contributed by atoms with Crippen molar-refractivity contribution in [2.75, 3.05) is 26.0 Å². The second-order valence-electron chi connectivity index (χ2n) is 7.17. The lowest BCUT2D eigenvalue weighted by Crippen LogP contribution is -2.26. The van der Waals surface area contributed by atoms with Crippen LogP contribution in [0.1, 0.15) is 0 Å². The molecule has 0 aliphatic heterocycles. The second kappa shape index (κ2) is 8.77. The molecule has 0 atom stereocenters. The van der Waals surface area contributed by atoms with Crippen LogP contribution in [0.15, 0.2) is 77.7 Å². The normalized spacial score (nSPS) is 11.6. The molecule has 4 rings (SSSR count). The molecule has 9 nitrogen and oxygen atoms in total. The van der Waals surface area contributed by atoms with E-state index in [9.17, 15) is 13.2 Å². The summed E-state index contributed by atoms with van der Waals surface area (Å²) in [6.07, 6.45) is 0. The molecule has 0 saturated heterocycles. The molecule has 0 fully saturated rings. The molecule has 1 amide bonds. The summed E-state index contributed by atoms with van der Waals surface area (Å²) < 4.78 is 25.8. The maximum Gasteiger partial charge on any atom is 0.265 e. The number of carbonyl (C=O) groups is 1. The van der Waals surface area contributed by atoms with Crippen LogP contribution >= 0.6 is 0 Å². The van der Waals surface area contributed by atoms with Gasteiger partial charge >= 0.3 is 0 Å². The highest BCUT2D eigenvalue weighted by Crippen LogP contribution is 2.21. The van der Waals surface area contributed by atoms with E-state index in [2.05, 4.69) is 15.6 Å². The average molecular weight is 452 g/mol. The van der Waals surface area contributed by atoms with Crippen molar-refractivity contribution in [2.45, 2.75) is 4.90 Å². The van der Waals surface area contributed by atoms with Crippen LogP contribution in [0.25, 0.3) is 22.2 Å². The topological polar surface area (TPSA) is 106 Å². The van der Waals surface area contributed by atoms with Crippen LogP contribution in [0.4, 0.5) is 5.69 Å². The number of rotatable bonds is 7. The van der Waals surface area contributed by atoms with Crippen LogP contribution in [0.3, 0.4) is 0 Å². The van der Waals surface area contributed by atoms with Gasteiger partial charge in [-0.15, -0.1) is 5.10 Å². The summed E-state index contributed by atoms with van der Waals surface area (Å²) in [5.74, 6) is -0.391. The number of fused-ring (bicyclic) bond motifs is 1. The molecule has 164 valence electrons. The van der Waals surface area contributed by atoms with Crippen LogP contribution in [-0.2, 0) is 14.8 Å². The first kappa shape index (κ1) is 21.5. The van der Waals surface area contributed by atoms with Crippen molar-refractivity contribution in [2.24, 2.45) is 0 Å². The number of hydrogen-bond donors (Lipinski definition) is 1. The Balaban J connectivity index is 1.43. The monoisotopic (exact) mass is 451 g/mol. The number of nitrogens with one attached hydrogen (secondary N) is 1. The fourth-order valence-electron chi connectivity index (χ4n) is 3.04. The zero-order chi connectivity index (χ0) is 22.7. The fourth-order valence-corrected chi connectivity index (χ4v) is 3.96. The number of sulfonamides is 1. The molecule has 0 spiro atoms. The van der Waals surface area contributed by atoms with Gasteiger partial charge < -0.3 is 10.2 Å². The van der Waals surface area contributed by atoms with E-state index in [-0.39, 0.29) is 11.5 Å². The Hall–Kier alpha value is -3.76. The lowest BCUT2D eigenvalue weighted by Gasteiger charge is -2.11. The van der Waals surface area contributed by atoms with Crippen molar-refractivity contribution in [3.63, 3.8) is 0 Å². The number of hydrogen-bond acceptors (Lipinski definition) is 6. The van der Waals surface area contributed by atoms with Crippen molar-refractivity contribution in [1.29, 1.82) is 0 Å². The molecule has 4 aromatic rings. The summed E-state index contributed by atoms with van der Waals surface area (Å²) >= 11 is 0. The van der Waals surface area contributed by atoms with E-state index in [1.54, 1.807) is 0 Å². The Bertz CT molecular complexity index is 1350. The second-order valence-corrected chi connectivity index (χ2v) is 9.32. The van der Waals surface area contributed by atoms with Gasteiger partial charge in [-0.3, -0.25) is 4.79 Å². The summed E-state index contributed by atoms with van der Waals surface area (Å²) in [6.45, 7) is -0.330. The Morgan fingerprint density at radius 3 is 2.38 bits per heavy atom. The molecule has 10 heteroatoms. The zero-order valence-corrected chi connectivity index (χ0v) is 18.3. The van der Waals surface area contributed by atoms with E-state index in [0.29, 0.717) is 16.7 Å². The first-order valence-electron chi connectivity index (χ1n) is 9.71. The van der Waals surface area contributed by atoms with Crippen molar-refractivity contribution < 1.29 is 18.0 Å². The molecule has 0 aliphatic rings. The zero-order valence-electron chi connectivity index (χ0n) is 17.5. The first-order valence-corrected chi connectivity index (χ1v) is 11.2. The van der Waals surface area contributed by atoms with Gasteiger partial charge in [0.25, 0.3) is 5.91 Å². The summed E-state index contributed by atoms with van der Waals surface area (Å²) in [7, 11) is -0.736. The Labute approximate surface area is 185 Å². The van der Waals surface area contributed by atoms with Gasteiger partial charge in [0.1, 0.15) is 11.0 Å². The molecule has 1 heterocycles. The van der Waals surface area contributed by atoms with Crippen LogP contribution in [0, 0.1) is 0 Å². The molecule has 32 heavy (non-hydrogen) atoms. The minimum Gasteiger partial charge on any atom is -0.385 e. The quantitative estimate of drug-likeness (QED) is 0.463. The Morgan fingerprint density at radius 2 is 1.69 bits per heavy atom. The third-order valence-electron chi connectivity index (χ3n) is 4.76. The highest BCUT2D eigenvalue weighted by atomic mass is 32.2. The summed E-state index contributed by atoms with van der Waals surface area (Å²) in [6, 6.07) is 21.8. The van der Waals surface area contributed by atoms with Crippen LogP contribution < -0.4 is 10.2 Å². The molecule has 3 aromatic carbocycles. The van der Waals surface area contributed by atoms with E-state index in [1.807, 2.05) is 54.6 Å². The number of nitrogens with zero attached hydrogens (tertiary/aromatic N) is 4. The summed E-state index contributed by atoms with van der Waals surface area (Å²) in [5, 5.41) is 10.5. The van der Waals surface area contributed by atoms with Gasteiger partial charge in [-0.2, -0.15) is 0 Å². The van der Waals surface area contributed by atoms with Gasteiger partial charge in [0.15, 0.2) is 6.61 Å². The van der Waals surface area contributed by atoms with Gasteiger partial charge in [-0.1, -0.05) is 47.3 Å². The molecule has 0 aliphatic carbocycles. The highest BCUT2D eigenvalue weighted by Gasteiger charge is 2.19. The van der Waals surface area contributed by atoms with Crippen molar-refractivity contribution in [3.05, 3.63) is 72.8 Å². The van der Waals surface area contributed by atoms with Crippen molar-refractivity contribution in [1.82, 2.24) is 19.5 Å². The van der Waals surface area contributed by atoms with E-state index in [4.69, 9.17) is 4.84 Å². The van der Waals surface area contributed by atoms with Gasteiger partial charge in [-0.25, -0.2) is 12.7 Å². The summed E-state index contributed by atoms with van der Waals surface area (Å²) in [5.41, 5.74) is 3.54. The molecular formula is C22H21N5O4S. The predicted octanol–water partition coefficient (Wildman–Crippen LogP) is 2.42. The third kappa shape index (κ3) is 4.46. The minimum absolute atomic E-state index is 0.0742. The van der Waals surface area contributed by atoms with Crippen molar-refractivity contribution >= 4 is 32.7 Å². The van der Waals surface area contributed by atoms with E-state index < -0.39 is 15.9 Å². The highest BCUT2D eigenvalue weighted by molar-refractivity contribution is 7.89. The Morgan fingerprint density at radius 1 is 1.00 bits per heavy atom. The third-order valence-corrected chi connectivity index (χ3v) is 6.57. The van der Waals surface area contributed by atoms with Crippen LogP contribution in [-0.4, -0.2) is 54.5 Å². The molecule has 0 unspecified atom stereocenters. The largest absolute Gasteiger partial charge is 0.385 e. The predicted molar refractivity (Wildman–Crippen MR) is 120 cm³/mol. The van der Waals surface area contributed by atoms with Gasteiger partial charge in [-0.05, 0) is 46.7 Å². The maximum atomic E-state index is 12.4. The molecule has 0 saturated carbocycles. The number of anilines is 1. The average Bonchev–Trinajstić information content (AvgIpc) is 3.21. The molecule has 1 N–H and O–H groups in total. The molecule has 0 radical (unpaired) electrons. The maximum absolute atomic E-state index is 12.4. The standard InChI is InChI=1S/C22H21N5O4S/c1-26(2)32(29,30)19-12-13-20-21(14-19)27(25-24-20)31-15-22(28)23-18-10-8-17(9-11-18)16-6-4-3-5-7-16/h3-14H,15H2,1-2H3,(H,23,28). The molecule has 1 aromatic heterocycles. The van der Waals surface area contributed by atoms with Crippen LogP contribution in [0.2, 0.25) is 0 Å². The van der Waals surface area contributed by atoms with Crippen molar-refractivity contribution in [3.8, 4) is 11.1 Å². The molecular weight excluding hydrogens is 430 g/mol. The van der Waals surface area contributed by atoms with E-state index >= 15 is 0 Å². The van der Waals surface area contributed by atoms with Gasteiger partial charge in [0.2, 0.25) is 10.0 Å². The summed E-state index contributed by atoms with van der Waals surface area (Å²) in [4.78, 5) is 18.9. The lowest BCUT2D eigenvalue weighted by molar-refractivity contribution is -0.121. The first-order chi connectivity index (χ1) is 15.3. The lowest BCUT2D eigenvalue weighted by atomic mass is 10.1. The number of carbonyl (C=O) groups excluding carboxylic acids is 1. The van der Waals surface area contributed by atoms with Crippen LogP contribution in [0.5, 0.6) is 0 Å². The Kier molecular flexibility index (Phi) is 5.89. The number of aromatic nitrogens is 3. The minimum atomic E-state index is -3.63.